The molecule has 7 heterocycles. The lowest BCUT2D eigenvalue weighted by molar-refractivity contribution is -0.113. The Morgan fingerprint density at radius 2 is 2.05 bits per heavy atom. The van der Waals surface area contributed by atoms with E-state index in [0.29, 0.717) is 48.7 Å². The van der Waals surface area contributed by atoms with E-state index >= 15 is 0 Å². The molecule has 9 nitrogen and oxygen atoms in total. The molecular weight excluding hydrogens is 488 g/mol. The summed E-state index contributed by atoms with van der Waals surface area (Å²) in [5.74, 6) is 2.92. The van der Waals surface area contributed by atoms with Crippen LogP contribution >= 0.6 is 11.8 Å². The van der Waals surface area contributed by atoms with Crippen molar-refractivity contribution in [3.05, 3.63) is 41.7 Å². The van der Waals surface area contributed by atoms with Gasteiger partial charge in [-0.2, -0.15) is 0 Å². The number of pyridine rings is 3. The van der Waals surface area contributed by atoms with Crippen molar-refractivity contribution in [1.82, 2.24) is 25.2 Å². The highest BCUT2D eigenvalue weighted by atomic mass is 32.2. The van der Waals surface area contributed by atoms with Crippen LogP contribution in [0.3, 0.4) is 0 Å². The van der Waals surface area contributed by atoms with Crippen molar-refractivity contribution in [3.63, 3.8) is 0 Å². The van der Waals surface area contributed by atoms with Gasteiger partial charge in [-0.15, -0.1) is 11.8 Å². The van der Waals surface area contributed by atoms with Gasteiger partial charge in [0.2, 0.25) is 11.8 Å². The molecule has 0 radical (unpaired) electrons. The molecule has 0 aliphatic carbocycles. The van der Waals surface area contributed by atoms with E-state index in [9.17, 15) is 4.79 Å². The molecule has 2 saturated heterocycles. The number of carbonyl (C=O) groups excluding carboxylic acids is 1. The fraction of sp³-hybridized carbons (Fsp3) is 0.481. The summed E-state index contributed by atoms with van der Waals surface area (Å²) >= 11 is 1.55. The van der Waals surface area contributed by atoms with Gasteiger partial charge in [-0.3, -0.25) is 14.7 Å². The van der Waals surface area contributed by atoms with E-state index in [0.717, 1.165) is 46.8 Å². The second-order valence-electron chi connectivity index (χ2n) is 10.4. The van der Waals surface area contributed by atoms with Crippen molar-refractivity contribution in [3.8, 4) is 11.6 Å². The predicted octanol–water partition coefficient (Wildman–Crippen LogP) is 3.34. The molecule has 4 atom stereocenters. The number of nitrogens with zero attached hydrogens (tertiary/aromatic N) is 4. The Balaban J connectivity index is 1.02. The molecule has 2 fully saturated rings. The Bertz CT molecular complexity index is 1360. The van der Waals surface area contributed by atoms with Crippen LogP contribution in [0.15, 0.2) is 35.4 Å². The number of fused-ring (bicyclic) bond motifs is 6. The highest BCUT2D eigenvalue weighted by Gasteiger charge is 2.42. The second-order valence-corrected chi connectivity index (χ2v) is 11.4. The van der Waals surface area contributed by atoms with Crippen molar-refractivity contribution in [1.29, 1.82) is 0 Å². The van der Waals surface area contributed by atoms with Gasteiger partial charge in [-0.1, -0.05) is 0 Å². The van der Waals surface area contributed by atoms with Crippen molar-refractivity contribution >= 4 is 34.5 Å². The number of rotatable bonds is 6. The summed E-state index contributed by atoms with van der Waals surface area (Å²) in [5.41, 5.74) is 3.93. The molecule has 0 saturated carbocycles. The zero-order chi connectivity index (χ0) is 24.9. The monoisotopic (exact) mass is 518 g/mol. The standard InChI is InChI=1S/C27H30N6O3S/c1-35-24-7-5-20-26(32-24)25-15(13-36-21(25)11-29-20)12-33-18-3-4-19(33)9-17(8-18)28-10-16-2-6-22-27(30-16)31-23(34)14-37-22/h2,5-7,11,15,17-19,28H,3-4,8-10,12-14H2,1H3,(H,30,31,34)/t15?,17?,18-,19+. The summed E-state index contributed by atoms with van der Waals surface area (Å²) in [6, 6.07) is 9.59. The maximum absolute atomic E-state index is 11.7. The molecule has 37 heavy (non-hydrogen) atoms. The molecule has 4 aliphatic heterocycles. The molecule has 192 valence electrons. The first-order chi connectivity index (χ1) is 18.1. The predicted molar refractivity (Wildman–Crippen MR) is 141 cm³/mol. The fourth-order valence-corrected chi connectivity index (χ4v) is 7.19. The number of amides is 1. The van der Waals surface area contributed by atoms with Crippen LogP contribution < -0.4 is 20.1 Å². The molecule has 1 amide bonds. The Morgan fingerprint density at radius 1 is 1.19 bits per heavy atom. The first-order valence-electron chi connectivity index (χ1n) is 13.0. The molecule has 10 heteroatoms. The van der Waals surface area contributed by atoms with Crippen LogP contribution in [0, 0.1) is 0 Å². The van der Waals surface area contributed by atoms with Gasteiger partial charge in [0.1, 0.15) is 17.1 Å². The summed E-state index contributed by atoms with van der Waals surface area (Å²) in [5, 5.41) is 6.65. The molecule has 7 rings (SSSR count). The molecule has 2 N–H and O–H groups in total. The minimum Gasteiger partial charge on any atom is -0.491 e. The Hall–Kier alpha value is -2.95. The quantitative estimate of drug-likeness (QED) is 0.509. The number of anilines is 1. The van der Waals surface area contributed by atoms with E-state index in [2.05, 4.69) is 37.6 Å². The van der Waals surface area contributed by atoms with Gasteiger partial charge in [0.15, 0.2) is 0 Å². The lowest BCUT2D eigenvalue weighted by Crippen LogP contribution is -2.50. The highest BCUT2D eigenvalue weighted by molar-refractivity contribution is 8.00. The summed E-state index contributed by atoms with van der Waals surface area (Å²) in [6.07, 6.45) is 6.60. The minimum atomic E-state index is 0.0218. The van der Waals surface area contributed by atoms with Crippen LogP contribution in [-0.4, -0.2) is 69.9 Å². The number of ether oxygens (including phenoxy) is 2. The van der Waals surface area contributed by atoms with Gasteiger partial charge in [0, 0.05) is 48.8 Å². The number of aromatic nitrogens is 3. The number of methoxy groups -OCH3 is 1. The van der Waals surface area contributed by atoms with Gasteiger partial charge in [-0.05, 0) is 43.9 Å². The number of hydrogen-bond acceptors (Lipinski definition) is 9. The third-order valence-electron chi connectivity index (χ3n) is 8.17. The zero-order valence-corrected chi connectivity index (χ0v) is 21.6. The summed E-state index contributed by atoms with van der Waals surface area (Å²) < 4.78 is 11.5. The van der Waals surface area contributed by atoms with Crippen LogP contribution in [0.5, 0.6) is 11.6 Å². The fourth-order valence-electron chi connectivity index (χ4n) is 6.44. The van der Waals surface area contributed by atoms with Gasteiger partial charge >= 0.3 is 0 Å². The number of thioether (sulfide) groups is 1. The lowest BCUT2D eigenvalue weighted by Gasteiger charge is -2.40. The van der Waals surface area contributed by atoms with E-state index in [4.69, 9.17) is 14.5 Å². The molecule has 3 aromatic rings. The molecular formula is C27H30N6O3S. The van der Waals surface area contributed by atoms with Gasteiger partial charge in [0.25, 0.3) is 0 Å². The highest BCUT2D eigenvalue weighted by Crippen LogP contribution is 2.42. The smallest absolute Gasteiger partial charge is 0.235 e. The summed E-state index contributed by atoms with van der Waals surface area (Å²) in [4.78, 5) is 29.5. The zero-order valence-electron chi connectivity index (χ0n) is 20.8. The molecule has 2 bridgehead atoms. The van der Waals surface area contributed by atoms with Gasteiger partial charge in [0.05, 0.1) is 41.8 Å². The van der Waals surface area contributed by atoms with Crippen molar-refractivity contribution in [2.24, 2.45) is 0 Å². The van der Waals surface area contributed by atoms with Crippen LogP contribution in [0.2, 0.25) is 0 Å². The summed E-state index contributed by atoms with van der Waals surface area (Å²) in [7, 11) is 1.65. The molecule has 0 aromatic carbocycles. The largest absolute Gasteiger partial charge is 0.491 e. The van der Waals surface area contributed by atoms with Crippen molar-refractivity contribution in [2.75, 3.05) is 31.3 Å². The van der Waals surface area contributed by atoms with Gasteiger partial charge in [-0.25, -0.2) is 9.97 Å². The lowest BCUT2D eigenvalue weighted by atomic mass is 9.93. The number of piperidine rings is 1. The maximum atomic E-state index is 11.7. The third-order valence-corrected chi connectivity index (χ3v) is 9.21. The Kier molecular flexibility index (Phi) is 5.90. The average Bonchev–Trinajstić information content (AvgIpc) is 3.43. The number of carbonyl (C=O) groups is 1. The third kappa shape index (κ3) is 4.30. The first-order valence-corrected chi connectivity index (χ1v) is 14.0. The molecule has 3 aromatic heterocycles. The number of nitrogens with one attached hydrogen (secondary N) is 2. The normalized spacial score (nSPS) is 26.5. The van der Waals surface area contributed by atoms with Crippen molar-refractivity contribution < 1.29 is 14.3 Å². The van der Waals surface area contributed by atoms with Crippen molar-refractivity contribution in [2.45, 2.75) is 61.2 Å². The van der Waals surface area contributed by atoms with Crippen LogP contribution in [0.1, 0.15) is 42.9 Å². The van der Waals surface area contributed by atoms with E-state index < -0.39 is 0 Å². The van der Waals surface area contributed by atoms with Crippen LogP contribution in [-0.2, 0) is 11.3 Å². The molecule has 0 spiro atoms. The second kappa shape index (κ2) is 9.41. The topological polar surface area (TPSA) is 102 Å². The van der Waals surface area contributed by atoms with Gasteiger partial charge < -0.3 is 20.1 Å². The number of hydrogen-bond donors (Lipinski definition) is 2. The first kappa shape index (κ1) is 23.2. The average molecular weight is 519 g/mol. The Morgan fingerprint density at radius 3 is 2.89 bits per heavy atom. The van der Waals surface area contributed by atoms with E-state index in [1.54, 1.807) is 18.9 Å². The van der Waals surface area contributed by atoms with Crippen LogP contribution in [0.25, 0.3) is 11.0 Å². The minimum absolute atomic E-state index is 0.0218. The van der Waals surface area contributed by atoms with Crippen LogP contribution in [0.4, 0.5) is 5.82 Å². The Labute approximate surface area is 219 Å². The summed E-state index contributed by atoms with van der Waals surface area (Å²) in [6.45, 7) is 2.37. The van der Waals surface area contributed by atoms with E-state index in [-0.39, 0.29) is 11.8 Å². The maximum Gasteiger partial charge on any atom is 0.235 e. The molecule has 4 aliphatic rings. The van der Waals surface area contributed by atoms with E-state index in [1.807, 2.05) is 18.3 Å². The molecule has 2 unspecified atom stereocenters. The SMILES string of the molecule is COc1ccc2ncc3c(c2n1)C(CN1[C@@H]2CC[C@H]1CC(NCc1ccc4c(n1)NC(=O)CS4)C2)CO3. The van der Waals surface area contributed by atoms with E-state index in [1.165, 1.54) is 18.4 Å².